The average Bonchev–Trinajstić information content (AvgIpc) is 3.19. The van der Waals surface area contributed by atoms with Gasteiger partial charge in [0.25, 0.3) is 5.91 Å². The molecular formula is C28H30N2O4. The van der Waals surface area contributed by atoms with E-state index in [0.717, 1.165) is 28.8 Å². The van der Waals surface area contributed by atoms with Crippen LogP contribution in [0.5, 0.6) is 11.5 Å². The summed E-state index contributed by atoms with van der Waals surface area (Å²) in [4.78, 5) is 28.2. The zero-order valence-corrected chi connectivity index (χ0v) is 19.8. The molecule has 0 spiro atoms. The predicted molar refractivity (Wildman–Crippen MR) is 132 cm³/mol. The molecule has 0 aliphatic carbocycles. The van der Waals surface area contributed by atoms with Crippen molar-refractivity contribution in [2.45, 2.75) is 39.3 Å². The van der Waals surface area contributed by atoms with Crippen molar-refractivity contribution >= 4 is 17.5 Å². The van der Waals surface area contributed by atoms with Gasteiger partial charge in [0.2, 0.25) is 5.91 Å². The number of benzene rings is 3. The third-order valence-electron chi connectivity index (χ3n) is 6.10. The summed E-state index contributed by atoms with van der Waals surface area (Å²) in [6.07, 6.45) is 1.01. The number of ether oxygens (including phenoxy) is 2. The number of hydrogen-bond acceptors (Lipinski definition) is 4. The molecule has 0 saturated carbocycles. The molecule has 34 heavy (non-hydrogen) atoms. The Labute approximate surface area is 200 Å². The number of amides is 2. The third-order valence-corrected chi connectivity index (χ3v) is 6.10. The van der Waals surface area contributed by atoms with Crippen LogP contribution in [0.4, 0.5) is 5.69 Å². The summed E-state index contributed by atoms with van der Waals surface area (Å²) < 4.78 is 11.2. The van der Waals surface area contributed by atoms with E-state index in [1.165, 1.54) is 0 Å². The van der Waals surface area contributed by atoms with Crippen molar-refractivity contribution in [3.8, 4) is 11.5 Å². The van der Waals surface area contributed by atoms with E-state index in [4.69, 9.17) is 9.47 Å². The van der Waals surface area contributed by atoms with Crippen LogP contribution in [0.25, 0.3) is 0 Å². The van der Waals surface area contributed by atoms with Crippen molar-refractivity contribution in [2.24, 2.45) is 0 Å². The van der Waals surface area contributed by atoms with E-state index >= 15 is 0 Å². The molecule has 1 aliphatic heterocycles. The fourth-order valence-corrected chi connectivity index (χ4v) is 4.36. The Hall–Kier alpha value is -3.80. The summed E-state index contributed by atoms with van der Waals surface area (Å²) in [7, 11) is 1.58. The summed E-state index contributed by atoms with van der Waals surface area (Å²) in [5, 5.41) is 3.00. The van der Waals surface area contributed by atoms with Gasteiger partial charge in [-0.1, -0.05) is 43.3 Å². The highest BCUT2D eigenvalue weighted by atomic mass is 16.5. The van der Waals surface area contributed by atoms with Crippen LogP contribution >= 0.6 is 0 Å². The number of methoxy groups -OCH3 is 1. The van der Waals surface area contributed by atoms with Crippen LogP contribution < -0.4 is 14.8 Å². The Balaban J connectivity index is 1.64. The van der Waals surface area contributed by atoms with E-state index < -0.39 is 6.04 Å². The number of fused-ring (bicyclic) bond motifs is 1. The van der Waals surface area contributed by atoms with Crippen molar-refractivity contribution in [1.82, 2.24) is 4.90 Å². The molecule has 1 N–H and O–H groups in total. The predicted octanol–water partition coefficient (Wildman–Crippen LogP) is 5.38. The van der Waals surface area contributed by atoms with Crippen LogP contribution in [0.15, 0.2) is 66.7 Å². The lowest BCUT2D eigenvalue weighted by atomic mass is 10.0. The molecule has 0 fully saturated rings. The minimum atomic E-state index is -0.459. The first-order valence-electron chi connectivity index (χ1n) is 11.6. The van der Waals surface area contributed by atoms with Crippen molar-refractivity contribution in [3.63, 3.8) is 0 Å². The third kappa shape index (κ3) is 4.91. The van der Waals surface area contributed by atoms with Gasteiger partial charge in [0.1, 0.15) is 0 Å². The largest absolute Gasteiger partial charge is 0.493 e. The highest BCUT2D eigenvalue weighted by molar-refractivity contribution is 5.99. The number of carbonyl (C=O) groups excluding carboxylic acids is 2. The van der Waals surface area contributed by atoms with Crippen molar-refractivity contribution in [3.05, 3.63) is 89.0 Å². The molecule has 0 saturated heterocycles. The minimum absolute atomic E-state index is 0.0748. The second-order valence-corrected chi connectivity index (χ2v) is 8.26. The van der Waals surface area contributed by atoms with Gasteiger partial charge in [-0.3, -0.25) is 9.59 Å². The number of rotatable bonds is 9. The van der Waals surface area contributed by atoms with Gasteiger partial charge in [-0.15, -0.1) is 0 Å². The molecule has 0 bridgehead atoms. The highest BCUT2D eigenvalue weighted by Gasteiger charge is 2.34. The highest BCUT2D eigenvalue weighted by Crippen LogP contribution is 2.37. The fraction of sp³-hybridized carbons (Fsp3) is 0.286. The molecule has 1 heterocycles. The first-order valence-corrected chi connectivity index (χ1v) is 11.6. The molecule has 3 aromatic carbocycles. The molecule has 6 nitrogen and oxygen atoms in total. The van der Waals surface area contributed by atoms with E-state index in [2.05, 4.69) is 12.2 Å². The maximum atomic E-state index is 13.3. The topological polar surface area (TPSA) is 67.9 Å². The smallest absolute Gasteiger partial charge is 0.255 e. The molecule has 0 radical (unpaired) electrons. The first-order chi connectivity index (χ1) is 16.5. The Morgan fingerprint density at radius 3 is 2.59 bits per heavy atom. The Morgan fingerprint density at radius 2 is 1.85 bits per heavy atom. The van der Waals surface area contributed by atoms with Gasteiger partial charge >= 0.3 is 0 Å². The van der Waals surface area contributed by atoms with Gasteiger partial charge in [0.15, 0.2) is 11.5 Å². The van der Waals surface area contributed by atoms with Crippen molar-refractivity contribution < 1.29 is 19.1 Å². The second-order valence-electron chi connectivity index (χ2n) is 8.26. The SMILES string of the molecule is CCOc1ccc([C@@H](CC(=O)Nc2cccc(CC)c2)N2Cc3ccccc3C2=O)cc1OC. The van der Waals surface area contributed by atoms with E-state index in [9.17, 15) is 9.59 Å². The molecule has 0 unspecified atom stereocenters. The van der Waals surface area contributed by atoms with E-state index in [0.29, 0.717) is 30.2 Å². The monoisotopic (exact) mass is 458 g/mol. The quantitative estimate of drug-likeness (QED) is 0.467. The summed E-state index contributed by atoms with van der Waals surface area (Å²) in [5.41, 5.74) is 4.37. The van der Waals surface area contributed by atoms with Crippen LogP contribution in [0.2, 0.25) is 0 Å². The summed E-state index contributed by atoms with van der Waals surface area (Å²) in [6.45, 7) is 4.95. The van der Waals surface area contributed by atoms with Crippen molar-refractivity contribution in [2.75, 3.05) is 19.0 Å². The van der Waals surface area contributed by atoms with Crippen LogP contribution in [0.1, 0.15) is 53.4 Å². The molecular weight excluding hydrogens is 428 g/mol. The standard InChI is InChI=1S/C28H30N2O4/c1-4-19-9-8-11-22(15-19)29-27(31)17-24(20-13-14-25(34-5-2)26(16-20)33-3)30-18-21-10-6-7-12-23(21)28(30)32/h6-16,24H,4-5,17-18H2,1-3H3,(H,29,31)/t24-/m1/s1. The molecule has 0 aromatic heterocycles. The number of nitrogens with one attached hydrogen (secondary N) is 1. The molecule has 176 valence electrons. The van der Waals surface area contributed by atoms with Crippen molar-refractivity contribution in [1.29, 1.82) is 0 Å². The van der Waals surface area contributed by atoms with Gasteiger partial charge in [-0.25, -0.2) is 0 Å². The maximum Gasteiger partial charge on any atom is 0.255 e. The number of carbonyl (C=O) groups is 2. The van der Waals surface area contributed by atoms with E-state index in [-0.39, 0.29) is 18.2 Å². The summed E-state index contributed by atoms with van der Waals surface area (Å²) in [5.74, 6) is 0.970. The van der Waals surface area contributed by atoms with Crippen LogP contribution in [0, 0.1) is 0 Å². The first kappa shape index (κ1) is 23.4. The zero-order chi connectivity index (χ0) is 24.1. The lowest BCUT2D eigenvalue weighted by molar-refractivity contribution is -0.117. The molecule has 2 amide bonds. The molecule has 3 aromatic rings. The average molecular weight is 459 g/mol. The Kier molecular flexibility index (Phi) is 7.16. The van der Waals surface area contributed by atoms with E-state index in [1.54, 1.807) is 12.0 Å². The minimum Gasteiger partial charge on any atom is -0.493 e. The normalized spacial score (nSPS) is 13.4. The van der Waals surface area contributed by atoms with Gasteiger partial charge in [-0.2, -0.15) is 0 Å². The molecule has 1 atom stereocenters. The Morgan fingerprint density at radius 1 is 1.03 bits per heavy atom. The lowest BCUT2D eigenvalue weighted by Crippen LogP contribution is -2.32. The van der Waals surface area contributed by atoms with Gasteiger partial charge in [0.05, 0.1) is 26.2 Å². The fourth-order valence-electron chi connectivity index (χ4n) is 4.36. The van der Waals surface area contributed by atoms with E-state index in [1.807, 2.05) is 73.7 Å². The van der Waals surface area contributed by atoms with Gasteiger partial charge in [-0.05, 0) is 60.4 Å². The maximum absolute atomic E-state index is 13.3. The van der Waals surface area contributed by atoms with Crippen LogP contribution in [-0.4, -0.2) is 30.4 Å². The number of hydrogen-bond donors (Lipinski definition) is 1. The van der Waals surface area contributed by atoms with Crippen LogP contribution in [0.3, 0.4) is 0 Å². The van der Waals surface area contributed by atoms with Gasteiger partial charge in [0, 0.05) is 17.8 Å². The molecule has 6 heteroatoms. The molecule has 4 rings (SSSR count). The van der Waals surface area contributed by atoms with Crippen LogP contribution in [-0.2, 0) is 17.8 Å². The zero-order valence-electron chi connectivity index (χ0n) is 19.8. The summed E-state index contributed by atoms with van der Waals surface area (Å²) >= 11 is 0. The molecule has 1 aliphatic rings. The summed E-state index contributed by atoms with van der Waals surface area (Å²) in [6, 6.07) is 20.5. The Bertz CT molecular complexity index is 1190. The number of anilines is 1. The van der Waals surface area contributed by atoms with Gasteiger partial charge < -0.3 is 19.7 Å². The second kappa shape index (κ2) is 10.4. The number of aryl methyl sites for hydroxylation is 1. The lowest BCUT2D eigenvalue weighted by Gasteiger charge is -2.28. The number of nitrogens with zero attached hydrogens (tertiary/aromatic N) is 1.